The minimum absolute atomic E-state index is 0.370. The van der Waals surface area contributed by atoms with Crippen LogP contribution in [0.2, 0.25) is 0 Å². The Labute approximate surface area is 304 Å². The molecule has 292 valence electrons. The molecule has 0 aromatic heterocycles. The van der Waals surface area contributed by atoms with Crippen LogP contribution in [0.5, 0.6) is 0 Å². The molecule has 0 saturated heterocycles. The van der Waals surface area contributed by atoms with Crippen LogP contribution in [0.4, 0.5) is 0 Å². The van der Waals surface area contributed by atoms with Crippen LogP contribution < -0.4 is 5.32 Å². The molecule has 1 amide bonds. The second-order valence-electron chi connectivity index (χ2n) is 15.0. The summed E-state index contributed by atoms with van der Waals surface area (Å²) in [4.78, 5) is 12.4. The second-order valence-corrected chi connectivity index (χ2v) is 15.0. The van der Waals surface area contributed by atoms with Crippen LogP contribution in [0.1, 0.15) is 226 Å². The van der Waals surface area contributed by atoms with Gasteiger partial charge in [0.25, 0.3) is 0 Å². The van der Waals surface area contributed by atoms with Crippen LogP contribution in [0.3, 0.4) is 0 Å². The fourth-order valence-electron chi connectivity index (χ4n) is 6.75. The Balaban J connectivity index is 3.52. The monoisotopic (exact) mass is 696 g/mol. The zero-order valence-corrected chi connectivity index (χ0v) is 32.7. The first-order valence-electron chi connectivity index (χ1n) is 21.6. The van der Waals surface area contributed by atoms with Crippen molar-refractivity contribution in [3.05, 3.63) is 12.2 Å². The van der Waals surface area contributed by atoms with Gasteiger partial charge >= 0.3 is 0 Å². The summed E-state index contributed by atoms with van der Waals surface area (Å²) in [6, 6.07) is -0.978. The molecule has 6 nitrogen and oxygen atoms in total. The molecule has 0 aliphatic heterocycles. The first-order valence-corrected chi connectivity index (χ1v) is 21.6. The van der Waals surface area contributed by atoms with E-state index in [1.807, 2.05) is 0 Å². The highest BCUT2D eigenvalue weighted by Crippen LogP contribution is 2.16. The van der Waals surface area contributed by atoms with E-state index in [4.69, 9.17) is 0 Å². The van der Waals surface area contributed by atoms with Gasteiger partial charge in [0.2, 0.25) is 5.91 Å². The highest BCUT2D eigenvalue weighted by atomic mass is 16.3. The standard InChI is InChI=1S/C43H85NO5/c1-3-5-7-9-10-11-12-13-14-15-16-17-18-19-20-21-22-23-24-25-26-27-28-29-30-31-33-35-37-41(47)43(49)44-39(38-45)42(48)40(46)36-34-32-8-6-4-2/h19-20,39-42,45-48H,3-18,21-38H2,1-2H3,(H,44,49)/b20-19-. The van der Waals surface area contributed by atoms with Crippen LogP contribution in [0.25, 0.3) is 0 Å². The molecular formula is C43H85NO5. The van der Waals surface area contributed by atoms with Gasteiger partial charge in [-0.25, -0.2) is 0 Å². The lowest BCUT2D eigenvalue weighted by Crippen LogP contribution is -2.53. The fraction of sp³-hybridized carbons (Fsp3) is 0.930. The fourth-order valence-corrected chi connectivity index (χ4v) is 6.75. The van der Waals surface area contributed by atoms with Crippen molar-refractivity contribution in [2.75, 3.05) is 6.61 Å². The maximum atomic E-state index is 12.4. The Morgan fingerprint density at radius 1 is 0.490 bits per heavy atom. The molecule has 4 atom stereocenters. The summed E-state index contributed by atoms with van der Waals surface area (Å²) in [5, 5.41) is 43.1. The summed E-state index contributed by atoms with van der Waals surface area (Å²) < 4.78 is 0. The SMILES string of the molecule is CCCCCCCCCCCCCC/C=C\CCCCCCCCCCCCCCC(O)C(=O)NC(CO)C(O)C(O)CCCCCCC. The molecule has 0 aromatic carbocycles. The summed E-state index contributed by atoms with van der Waals surface area (Å²) >= 11 is 0. The van der Waals surface area contributed by atoms with E-state index < -0.39 is 36.9 Å². The van der Waals surface area contributed by atoms with Crippen LogP contribution in [-0.2, 0) is 4.79 Å². The third kappa shape index (κ3) is 32.7. The number of amides is 1. The Morgan fingerprint density at radius 3 is 1.18 bits per heavy atom. The van der Waals surface area contributed by atoms with Crippen molar-refractivity contribution in [1.29, 1.82) is 0 Å². The normalized spacial score (nSPS) is 14.3. The van der Waals surface area contributed by atoms with Crippen molar-refractivity contribution in [1.82, 2.24) is 5.32 Å². The van der Waals surface area contributed by atoms with Crippen LogP contribution in [0.15, 0.2) is 12.2 Å². The molecule has 0 fully saturated rings. The van der Waals surface area contributed by atoms with Crippen LogP contribution in [0, 0.1) is 0 Å². The average molecular weight is 696 g/mol. The van der Waals surface area contributed by atoms with E-state index in [1.54, 1.807) is 0 Å². The third-order valence-corrected chi connectivity index (χ3v) is 10.2. The minimum Gasteiger partial charge on any atom is -0.394 e. The molecule has 4 unspecified atom stereocenters. The molecule has 0 aromatic rings. The third-order valence-electron chi connectivity index (χ3n) is 10.2. The van der Waals surface area contributed by atoms with Gasteiger partial charge in [-0.15, -0.1) is 0 Å². The zero-order chi connectivity index (χ0) is 36.0. The number of rotatable bonds is 39. The first kappa shape index (κ1) is 48.0. The number of carbonyl (C=O) groups excluding carboxylic acids is 1. The zero-order valence-electron chi connectivity index (χ0n) is 32.7. The van der Waals surface area contributed by atoms with Gasteiger partial charge in [-0.3, -0.25) is 4.79 Å². The van der Waals surface area contributed by atoms with Crippen molar-refractivity contribution in [2.24, 2.45) is 0 Å². The topological polar surface area (TPSA) is 110 Å². The van der Waals surface area contributed by atoms with E-state index in [-0.39, 0.29) is 0 Å². The van der Waals surface area contributed by atoms with Gasteiger partial charge in [0, 0.05) is 0 Å². The molecule has 49 heavy (non-hydrogen) atoms. The number of hydrogen-bond donors (Lipinski definition) is 5. The summed E-state index contributed by atoms with van der Waals surface area (Å²) in [7, 11) is 0. The summed E-state index contributed by atoms with van der Waals surface area (Å²) in [5.74, 6) is -0.588. The minimum atomic E-state index is -1.25. The number of nitrogens with one attached hydrogen (secondary N) is 1. The Hall–Kier alpha value is -0.950. The second kappa shape index (κ2) is 38.3. The number of carbonyl (C=O) groups is 1. The number of hydrogen-bond acceptors (Lipinski definition) is 5. The van der Waals surface area contributed by atoms with Gasteiger partial charge in [0.05, 0.1) is 18.8 Å². The van der Waals surface area contributed by atoms with Crippen LogP contribution >= 0.6 is 0 Å². The molecule has 0 radical (unpaired) electrons. The highest BCUT2D eigenvalue weighted by Gasteiger charge is 2.28. The molecule has 0 saturated carbocycles. The molecule has 0 aliphatic carbocycles. The first-order chi connectivity index (χ1) is 24.0. The van der Waals surface area contributed by atoms with Crippen molar-refractivity contribution in [3.63, 3.8) is 0 Å². The maximum absolute atomic E-state index is 12.4. The smallest absolute Gasteiger partial charge is 0.249 e. The van der Waals surface area contributed by atoms with Gasteiger partial charge in [-0.2, -0.15) is 0 Å². The Bertz CT molecular complexity index is 702. The van der Waals surface area contributed by atoms with Gasteiger partial charge in [-0.1, -0.05) is 199 Å². The van der Waals surface area contributed by atoms with Crippen molar-refractivity contribution < 1.29 is 25.2 Å². The number of aliphatic hydroxyl groups excluding tert-OH is 4. The van der Waals surface area contributed by atoms with E-state index in [0.29, 0.717) is 12.8 Å². The maximum Gasteiger partial charge on any atom is 0.249 e. The lowest BCUT2D eigenvalue weighted by molar-refractivity contribution is -0.132. The van der Waals surface area contributed by atoms with Crippen molar-refractivity contribution >= 4 is 5.91 Å². The molecule has 0 aliphatic rings. The van der Waals surface area contributed by atoms with Crippen LogP contribution in [-0.4, -0.2) is 57.3 Å². The molecule has 6 heteroatoms. The molecular weight excluding hydrogens is 610 g/mol. The van der Waals surface area contributed by atoms with E-state index in [9.17, 15) is 25.2 Å². The van der Waals surface area contributed by atoms with Gasteiger partial charge in [-0.05, 0) is 38.5 Å². The lowest BCUT2D eigenvalue weighted by atomic mass is 9.99. The Morgan fingerprint density at radius 2 is 0.816 bits per heavy atom. The van der Waals surface area contributed by atoms with E-state index >= 15 is 0 Å². The number of allylic oxidation sites excluding steroid dienone is 2. The summed E-state index contributed by atoms with van der Waals surface area (Å²) in [6.07, 6.45) is 41.6. The molecule has 0 spiro atoms. The molecule has 5 N–H and O–H groups in total. The van der Waals surface area contributed by atoms with Gasteiger partial charge in [0.1, 0.15) is 12.2 Å². The van der Waals surface area contributed by atoms with E-state index in [2.05, 4.69) is 31.3 Å². The summed E-state index contributed by atoms with van der Waals surface area (Å²) in [6.45, 7) is 3.95. The Kier molecular flexibility index (Phi) is 37.5. The molecule has 0 heterocycles. The number of unbranched alkanes of at least 4 members (excludes halogenated alkanes) is 28. The van der Waals surface area contributed by atoms with E-state index in [1.165, 1.54) is 148 Å². The summed E-state index contributed by atoms with van der Waals surface area (Å²) in [5.41, 5.74) is 0. The lowest BCUT2D eigenvalue weighted by Gasteiger charge is -2.27. The number of aliphatic hydroxyl groups is 4. The predicted molar refractivity (Wildman–Crippen MR) is 210 cm³/mol. The molecule has 0 bridgehead atoms. The largest absolute Gasteiger partial charge is 0.394 e. The van der Waals surface area contributed by atoms with E-state index in [0.717, 1.165) is 51.4 Å². The van der Waals surface area contributed by atoms with Crippen molar-refractivity contribution in [2.45, 2.75) is 250 Å². The quantitative estimate of drug-likeness (QED) is 0.0325. The predicted octanol–water partition coefficient (Wildman–Crippen LogP) is 11.0. The van der Waals surface area contributed by atoms with Gasteiger partial charge < -0.3 is 25.7 Å². The molecule has 0 rings (SSSR count). The van der Waals surface area contributed by atoms with Crippen molar-refractivity contribution in [3.8, 4) is 0 Å². The van der Waals surface area contributed by atoms with Gasteiger partial charge in [0.15, 0.2) is 0 Å². The average Bonchev–Trinajstić information content (AvgIpc) is 3.11. The highest BCUT2D eigenvalue weighted by molar-refractivity contribution is 5.80.